The maximum atomic E-state index is 6.08. The molecule has 0 fully saturated rings. The molecule has 1 aliphatic rings. The highest BCUT2D eigenvalue weighted by Crippen LogP contribution is 2.37. The first kappa shape index (κ1) is 11.6. The van der Waals surface area contributed by atoms with E-state index in [1.807, 2.05) is 30.4 Å². The van der Waals surface area contributed by atoms with Gasteiger partial charge in [-0.2, -0.15) is 0 Å². The molecule has 4 rings (SSSR count). The molecule has 94 valence electrons. The average molecular weight is 256 g/mol. The standard InChI is InChI=1S/C18H13BO/c19-13-6-3-5-12(11-13)14-8-4-9-16-15-7-1-2-10-17(15)20-18(14)16/h1-10,12H,11H2. The number of allylic oxidation sites excluding steroid dienone is 4. The molecule has 1 nitrogen and oxygen atoms in total. The smallest absolute Gasteiger partial charge is 0.139 e. The number of benzene rings is 2. The lowest BCUT2D eigenvalue weighted by molar-refractivity contribution is 0.657. The van der Waals surface area contributed by atoms with Crippen molar-refractivity contribution in [1.82, 2.24) is 0 Å². The lowest BCUT2D eigenvalue weighted by Crippen LogP contribution is -2.01. The largest absolute Gasteiger partial charge is 0.456 e. The van der Waals surface area contributed by atoms with Gasteiger partial charge in [-0.1, -0.05) is 54.6 Å². The van der Waals surface area contributed by atoms with Crippen molar-refractivity contribution in [2.75, 3.05) is 0 Å². The highest BCUT2D eigenvalue weighted by Gasteiger charge is 2.17. The van der Waals surface area contributed by atoms with Crippen LogP contribution in [-0.4, -0.2) is 7.85 Å². The van der Waals surface area contributed by atoms with Gasteiger partial charge in [0.1, 0.15) is 19.0 Å². The van der Waals surface area contributed by atoms with Crippen LogP contribution in [0, 0.1) is 0 Å². The Morgan fingerprint density at radius 1 is 1.00 bits per heavy atom. The molecule has 1 atom stereocenters. The van der Waals surface area contributed by atoms with Crippen molar-refractivity contribution in [1.29, 1.82) is 0 Å². The van der Waals surface area contributed by atoms with Gasteiger partial charge in [-0.15, -0.1) is 5.47 Å². The zero-order valence-corrected chi connectivity index (χ0v) is 11.0. The maximum Gasteiger partial charge on any atom is 0.139 e. The van der Waals surface area contributed by atoms with Gasteiger partial charge in [-0.25, -0.2) is 0 Å². The van der Waals surface area contributed by atoms with Crippen LogP contribution in [0.4, 0.5) is 0 Å². The summed E-state index contributed by atoms with van der Waals surface area (Å²) >= 11 is 0. The summed E-state index contributed by atoms with van der Waals surface area (Å²) in [4.78, 5) is 0. The molecule has 2 heteroatoms. The SMILES string of the molecule is [B]C1=CC=CC(c2cccc3c2oc2ccccc23)C1. The van der Waals surface area contributed by atoms with Crippen molar-refractivity contribution in [2.24, 2.45) is 0 Å². The van der Waals surface area contributed by atoms with Crippen molar-refractivity contribution in [3.63, 3.8) is 0 Å². The molecule has 3 aromatic rings. The van der Waals surface area contributed by atoms with E-state index in [1.165, 1.54) is 16.3 Å². The van der Waals surface area contributed by atoms with E-state index in [0.717, 1.165) is 23.1 Å². The molecule has 0 aliphatic heterocycles. The van der Waals surface area contributed by atoms with Gasteiger partial charge in [-0.05, 0) is 12.5 Å². The summed E-state index contributed by atoms with van der Waals surface area (Å²) in [6, 6.07) is 14.5. The second-order valence-corrected chi connectivity index (χ2v) is 5.26. The van der Waals surface area contributed by atoms with Crippen LogP contribution in [0.2, 0.25) is 0 Å². The van der Waals surface area contributed by atoms with E-state index < -0.39 is 0 Å². The molecule has 1 unspecified atom stereocenters. The van der Waals surface area contributed by atoms with Gasteiger partial charge < -0.3 is 4.42 Å². The minimum Gasteiger partial charge on any atom is -0.456 e. The van der Waals surface area contributed by atoms with Crippen LogP contribution >= 0.6 is 0 Å². The molecular formula is C18H13BO. The van der Waals surface area contributed by atoms with Gasteiger partial charge >= 0.3 is 0 Å². The van der Waals surface area contributed by atoms with Crippen molar-refractivity contribution in [2.45, 2.75) is 12.3 Å². The van der Waals surface area contributed by atoms with E-state index in [-0.39, 0.29) is 0 Å². The van der Waals surface area contributed by atoms with Crippen LogP contribution < -0.4 is 0 Å². The third-order valence-corrected chi connectivity index (χ3v) is 3.94. The minimum atomic E-state index is 0.296. The van der Waals surface area contributed by atoms with Gasteiger partial charge in [0, 0.05) is 22.3 Å². The van der Waals surface area contributed by atoms with Crippen molar-refractivity contribution in [3.05, 3.63) is 71.7 Å². The van der Waals surface area contributed by atoms with E-state index in [9.17, 15) is 0 Å². The quantitative estimate of drug-likeness (QED) is 0.576. The minimum absolute atomic E-state index is 0.296. The van der Waals surface area contributed by atoms with Gasteiger partial charge in [0.15, 0.2) is 0 Å². The zero-order valence-electron chi connectivity index (χ0n) is 11.0. The number of hydrogen-bond donors (Lipinski definition) is 0. The molecular weight excluding hydrogens is 243 g/mol. The first-order chi connectivity index (χ1) is 9.83. The fourth-order valence-electron chi connectivity index (χ4n) is 2.98. The van der Waals surface area contributed by atoms with Gasteiger partial charge in [0.25, 0.3) is 0 Å². The molecule has 1 aliphatic carbocycles. The number of fused-ring (bicyclic) bond motifs is 3. The predicted molar refractivity (Wildman–Crippen MR) is 84.1 cm³/mol. The monoisotopic (exact) mass is 256 g/mol. The van der Waals surface area contributed by atoms with Crippen molar-refractivity contribution in [3.8, 4) is 0 Å². The van der Waals surface area contributed by atoms with Crippen molar-refractivity contribution >= 4 is 29.8 Å². The topological polar surface area (TPSA) is 13.1 Å². The van der Waals surface area contributed by atoms with E-state index >= 15 is 0 Å². The van der Waals surface area contributed by atoms with Crippen molar-refractivity contribution < 1.29 is 4.42 Å². The van der Waals surface area contributed by atoms with E-state index in [4.69, 9.17) is 12.3 Å². The van der Waals surface area contributed by atoms with Crippen LogP contribution in [0.25, 0.3) is 21.9 Å². The molecule has 1 heterocycles. The predicted octanol–water partition coefficient (Wildman–Crippen LogP) is 4.68. The molecule has 1 aromatic heterocycles. The van der Waals surface area contributed by atoms with Crippen LogP contribution in [0.1, 0.15) is 17.9 Å². The fourth-order valence-corrected chi connectivity index (χ4v) is 2.98. The van der Waals surface area contributed by atoms with Crippen LogP contribution in [0.15, 0.2) is 70.6 Å². The van der Waals surface area contributed by atoms with Crippen LogP contribution in [0.5, 0.6) is 0 Å². The molecule has 0 amide bonds. The molecule has 0 saturated carbocycles. The second kappa shape index (κ2) is 4.41. The summed E-state index contributed by atoms with van der Waals surface area (Å²) in [6.07, 6.45) is 7.05. The Hall–Kier alpha value is -2.22. The number of para-hydroxylation sites is 2. The Balaban J connectivity index is 1.96. The summed E-state index contributed by atoms with van der Waals surface area (Å²) in [7, 11) is 5.96. The molecule has 0 saturated heterocycles. The van der Waals surface area contributed by atoms with Crippen LogP contribution in [-0.2, 0) is 0 Å². The lowest BCUT2D eigenvalue weighted by Gasteiger charge is -2.17. The van der Waals surface area contributed by atoms with E-state index in [1.54, 1.807) is 0 Å². The zero-order chi connectivity index (χ0) is 13.5. The van der Waals surface area contributed by atoms with E-state index in [2.05, 4.69) is 30.3 Å². The molecule has 2 radical (unpaired) electrons. The highest BCUT2D eigenvalue weighted by molar-refractivity contribution is 6.22. The second-order valence-electron chi connectivity index (χ2n) is 5.26. The molecule has 20 heavy (non-hydrogen) atoms. The highest BCUT2D eigenvalue weighted by atomic mass is 16.3. The molecule has 0 N–H and O–H groups in total. The molecule has 0 bridgehead atoms. The Kier molecular flexibility index (Phi) is 2.56. The Morgan fingerprint density at radius 3 is 2.75 bits per heavy atom. The fraction of sp³-hybridized carbons (Fsp3) is 0.111. The first-order valence-corrected chi connectivity index (χ1v) is 6.86. The van der Waals surface area contributed by atoms with Gasteiger partial charge in [0.2, 0.25) is 0 Å². The Bertz CT molecular complexity index is 854. The Labute approximate surface area is 119 Å². The summed E-state index contributed by atoms with van der Waals surface area (Å²) in [5.41, 5.74) is 4.06. The summed E-state index contributed by atoms with van der Waals surface area (Å²) in [5.74, 6) is 0.296. The summed E-state index contributed by atoms with van der Waals surface area (Å²) in [6.45, 7) is 0. The number of rotatable bonds is 1. The van der Waals surface area contributed by atoms with Crippen LogP contribution in [0.3, 0.4) is 0 Å². The third-order valence-electron chi connectivity index (χ3n) is 3.94. The normalized spacial score (nSPS) is 18.6. The third kappa shape index (κ3) is 1.72. The summed E-state index contributed by atoms with van der Waals surface area (Å²) in [5, 5.41) is 2.35. The maximum absolute atomic E-state index is 6.08. The Morgan fingerprint density at radius 2 is 1.85 bits per heavy atom. The number of furan rings is 1. The van der Waals surface area contributed by atoms with Gasteiger partial charge in [-0.3, -0.25) is 0 Å². The lowest BCUT2D eigenvalue weighted by atomic mass is 9.80. The van der Waals surface area contributed by atoms with E-state index in [0.29, 0.717) is 5.92 Å². The molecule has 2 aromatic carbocycles. The average Bonchev–Trinajstić information content (AvgIpc) is 2.86. The summed E-state index contributed by atoms with van der Waals surface area (Å²) < 4.78 is 6.08. The first-order valence-electron chi connectivity index (χ1n) is 6.86. The number of hydrogen-bond acceptors (Lipinski definition) is 1. The molecule has 0 spiro atoms. The van der Waals surface area contributed by atoms with Gasteiger partial charge in [0.05, 0.1) is 0 Å².